The Bertz CT molecular complexity index is 1740. The van der Waals surface area contributed by atoms with Crippen LogP contribution in [0.25, 0.3) is 33.4 Å². The molecule has 0 bridgehead atoms. The van der Waals surface area contributed by atoms with Gasteiger partial charge in [0.15, 0.2) is 13.1 Å². The summed E-state index contributed by atoms with van der Waals surface area (Å²) in [7, 11) is 2.13. The van der Waals surface area contributed by atoms with Crippen molar-refractivity contribution in [3.63, 3.8) is 0 Å². The van der Waals surface area contributed by atoms with Gasteiger partial charge in [-0.15, -0.1) is 0 Å². The van der Waals surface area contributed by atoms with Crippen LogP contribution in [0.2, 0.25) is 0 Å². The minimum absolute atomic E-state index is 0.0509. The number of rotatable bonds is 3. The first-order chi connectivity index (χ1) is 19.4. The van der Waals surface area contributed by atoms with Crippen LogP contribution < -0.4 is 19.9 Å². The summed E-state index contributed by atoms with van der Waals surface area (Å²) in [6.45, 7) is 5.82. The lowest BCUT2D eigenvalue weighted by molar-refractivity contribution is -0.255. The largest absolute Gasteiger partial charge is 0.545 e. The number of aryl methyl sites for hydroxylation is 2. The Morgan fingerprint density at radius 3 is 2.48 bits per heavy atom. The standard InChI is InChI=1S/C32H31N3O5/c1-33-12-14-34(15-13-33)21-7-9-23-27(18-21)40-30-24-5-3-11-35-10-2-4-19(29(24)35)16-26(30)28(23)25-17-20(31(36)37)6-8-22(25)32(38)39/h6-9,16-18H,2-5,10-15H2,1H3,(H-,36,37,38,39). The van der Waals surface area contributed by atoms with Gasteiger partial charge < -0.3 is 24.3 Å². The third kappa shape index (κ3) is 3.97. The molecule has 40 heavy (non-hydrogen) atoms. The average molecular weight is 538 g/mol. The third-order valence-electron chi connectivity index (χ3n) is 8.81. The molecule has 0 amide bonds. The van der Waals surface area contributed by atoms with E-state index in [0.717, 1.165) is 86.8 Å². The van der Waals surface area contributed by atoms with Gasteiger partial charge in [0.1, 0.15) is 11.3 Å². The molecule has 8 nitrogen and oxygen atoms in total. The summed E-state index contributed by atoms with van der Waals surface area (Å²) in [5.74, 6) is -1.78. The van der Waals surface area contributed by atoms with E-state index in [-0.39, 0.29) is 11.1 Å². The fourth-order valence-corrected chi connectivity index (χ4v) is 6.81. The minimum Gasteiger partial charge on any atom is -0.545 e. The first kappa shape index (κ1) is 24.8. The van der Waals surface area contributed by atoms with Crippen LogP contribution in [0.3, 0.4) is 0 Å². The minimum atomic E-state index is -1.34. The molecule has 1 saturated heterocycles. The van der Waals surface area contributed by atoms with Gasteiger partial charge >= 0.3 is 5.97 Å². The number of aromatic carboxylic acids is 2. The quantitative estimate of drug-likeness (QED) is 0.317. The van der Waals surface area contributed by atoms with Crippen LogP contribution in [-0.2, 0) is 12.8 Å². The number of carbonyl (C=O) groups excluding carboxylic acids is 1. The number of benzene rings is 3. The SMILES string of the molecule is CN1CC[N+](=c2ccc3c(-c4cc(C(=O)[O-])ccc4C(=O)O)c4cc5c6c(c4oc-3c2)CCCN6CCC5)CC1. The Morgan fingerprint density at radius 1 is 0.950 bits per heavy atom. The predicted octanol–water partition coefficient (Wildman–Crippen LogP) is 2.68. The fourth-order valence-electron chi connectivity index (χ4n) is 6.81. The molecule has 0 radical (unpaired) electrons. The third-order valence-corrected chi connectivity index (χ3v) is 8.81. The molecule has 0 atom stereocenters. The summed E-state index contributed by atoms with van der Waals surface area (Å²) in [4.78, 5) is 29.1. The van der Waals surface area contributed by atoms with E-state index in [2.05, 4.69) is 39.6 Å². The van der Waals surface area contributed by atoms with Gasteiger partial charge in [-0.05, 0) is 73.7 Å². The van der Waals surface area contributed by atoms with E-state index in [1.165, 1.54) is 35.0 Å². The highest BCUT2D eigenvalue weighted by molar-refractivity contribution is 6.10. The Labute approximate surface area is 231 Å². The lowest BCUT2D eigenvalue weighted by Gasteiger charge is -2.37. The second kappa shape index (κ2) is 9.48. The Balaban J connectivity index is 1.60. The molecule has 0 spiro atoms. The maximum absolute atomic E-state index is 12.4. The first-order valence-corrected chi connectivity index (χ1v) is 14.0. The van der Waals surface area contributed by atoms with Crippen molar-refractivity contribution < 1.29 is 24.2 Å². The van der Waals surface area contributed by atoms with Gasteiger partial charge in [0.25, 0.3) is 0 Å². The van der Waals surface area contributed by atoms with Crippen molar-refractivity contribution in [3.05, 3.63) is 70.1 Å². The predicted molar refractivity (Wildman–Crippen MR) is 151 cm³/mol. The molecule has 0 saturated carbocycles. The zero-order valence-electron chi connectivity index (χ0n) is 22.5. The molecule has 4 aliphatic heterocycles. The summed E-state index contributed by atoms with van der Waals surface area (Å²) in [6.07, 6.45) is 3.91. The Hall–Kier alpha value is -4.17. The number of likely N-dealkylation sites (N-methyl/N-ethyl adjacent to an activating group) is 1. The molecule has 1 N–H and O–H groups in total. The number of fused-ring (bicyclic) bond motifs is 3. The van der Waals surface area contributed by atoms with Crippen LogP contribution in [0.15, 0.2) is 46.9 Å². The smallest absolute Gasteiger partial charge is 0.336 e. The monoisotopic (exact) mass is 537 g/mol. The van der Waals surface area contributed by atoms with Gasteiger partial charge in [0, 0.05) is 46.9 Å². The molecule has 5 aliphatic rings. The van der Waals surface area contributed by atoms with E-state index in [4.69, 9.17) is 4.42 Å². The van der Waals surface area contributed by atoms with Crippen LogP contribution in [0.5, 0.6) is 0 Å². The summed E-state index contributed by atoms with van der Waals surface area (Å²) in [6, 6.07) is 12.4. The van der Waals surface area contributed by atoms with Gasteiger partial charge in [0.2, 0.25) is 5.36 Å². The molecule has 1 aliphatic carbocycles. The lowest BCUT2D eigenvalue weighted by atomic mass is 9.85. The van der Waals surface area contributed by atoms with Crippen LogP contribution in [0.4, 0.5) is 5.69 Å². The van der Waals surface area contributed by atoms with Gasteiger partial charge in [0.05, 0.1) is 30.7 Å². The molecular weight excluding hydrogens is 506 g/mol. The maximum atomic E-state index is 12.4. The highest BCUT2D eigenvalue weighted by Crippen LogP contribution is 2.47. The van der Waals surface area contributed by atoms with Crippen molar-refractivity contribution >= 4 is 28.6 Å². The van der Waals surface area contributed by atoms with Crippen molar-refractivity contribution in [2.24, 2.45) is 0 Å². The van der Waals surface area contributed by atoms with E-state index >= 15 is 0 Å². The Kier molecular flexibility index (Phi) is 5.89. The zero-order valence-corrected chi connectivity index (χ0v) is 22.5. The van der Waals surface area contributed by atoms with Gasteiger partial charge in [-0.1, -0.05) is 6.07 Å². The zero-order chi connectivity index (χ0) is 27.5. The molecule has 0 aromatic heterocycles. The summed E-state index contributed by atoms with van der Waals surface area (Å²) >= 11 is 0. The topological polar surface area (TPSA) is 100 Å². The lowest BCUT2D eigenvalue weighted by Crippen LogP contribution is -2.46. The van der Waals surface area contributed by atoms with E-state index in [0.29, 0.717) is 16.9 Å². The van der Waals surface area contributed by atoms with Crippen LogP contribution in [0, 0.1) is 0 Å². The maximum Gasteiger partial charge on any atom is 0.336 e. The van der Waals surface area contributed by atoms with Crippen molar-refractivity contribution in [2.45, 2.75) is 25.7 Å². The number of carbonyl (C=O) groups is 2. The van der Waals surface area contributed by atoms with E-state index in [1.54, 1.807) is 0 Å². The molecule has 4 heterocycles. The first-order valence-electron chi connectivity index (χ1n) is 14.0. The van der Waals surface area contributed by atoms with Crippen LogP contribution in [0.1, 0.15) is 44.7 Å². The Morgan fingerprint density at radius 2 is 1.73 bits per heavy atom. The summed E-state index contributed by atoms with van der Waals surface area (Å²) in [5.41, 5.74) is 6.25. The molecule has 2 aromatic carbocycles. The number of carboxylic acid groups (broad SMARTS) is 2. The molecule has 0 unspecified atom stereocenters. The van der Waals surface area contributed by atoms with Crippen molar-refractivity contribution in [1.29, 1.82) is 0 Å². The molecular formula is C32H31N3O5. The normalized spacial score (nSPS) is 17.3. The molecule has 7 rings (SSSR count). The van der Waals surface area contributed by atoms with Gasteiger partial charge in [-0.2, -0.15) is 0 Å². The molecule has 2 aromatic rings. The van der Waals surface area contributed by atoms with Crippen molar-refractivity contribution in [2.75, 3.05) is 51.2 Å². The van der Waals surface area contributed by atoms with E-state index in [1.807, 2.05) is 6.07 Å². The number of hydrogen-bond acceptors (Lipinski definition) is 6. The van der Waals surface area contributed by atoms with E-state index < -0.39 is 11.9 Å². The fraction of sp³-hybridized carbons (Fsp3) is 0.344. The van der Waals surface area contributed by atoms with Crippen molar-refractivity contribution in [3.8, 4) is 22.5 Å². The number of nitrogens with zero attached hydrogens (tertiary/aromatic N) is 3. The number of carboxylic acids is 2. The number of hydrogen-bond donors (Lipinski definition) is 1. The number of piperazine rings is 1. The number of anilines is 1. The second-order valence-electron chi connectivity index (χ2n) is 11.2. The van der Waals surface area contributed by atoms with Crippen LogP contribution >= 0.6 is 0 Å². The molecule has 204 valence electrons. The van der Waals surface area contributed by atoms with Crippen molar-refractivity contribution in [1.82, 2.24) is 9.48 Å². The molecule has 1 fully saturated rings. The second-order valence-corrected chi connectivity index (χ2v) is 11.2. The highest BCUT2D eigenvalue weighted by Gasteiger charge is 2.30. The summed E-state index contributed by atoms with van der Waals surface area (Å²) < 4.78 is 9.11. The average Bonchev–Trinajstić information content (AvgIpc) is 2.96. The summed E-state index contributed by atoms with van der Waals surface area (Å²) in [5, 5.41) is 23.9. The van der Waals surface area contributed by atoms with Gasteiger partial charge in [-0.25, -0.2) is 9.37 Å². The molecule has 8 heteroatoms. The van der Waals surface area contributed by atoms with Crippen LogP contribution in [-0.4, -0.2) is 68.3 Å². The highest BCUT2D eigenvalue weighted by atomic mass is 16.4. The van der Waals surface area contributed by atoms with Gasteiger partial charge in [-0.3, -0.25) is 4.90 Å². The van der Waals surface area contributed by atoms with E-state index in [9.17, 15) is 19.8 Å².